The monoisotopic (exact) mass is 624 g/mol. The van der Waals surface area contributed by atoms with Gasteiger partial charge in [-0.1, -0.05) is 92.5 Å². The van der Waals surface area contributed by atoms with Crippen LogP contribution in [0.15, 0.2) is 24.3 Å². The van der Waals surface area contributed by atoms with Crippen molar-refractivity contribution in [3.8, 4) is 11.5 Å². The van der Waals surface area contributed by atoms with E-state index in [4.69, 9.17) is 18.9 Å². The van der Waals surface area contributed by atoms with Gasteiger partial charge in [-0.2, -0.15) is 0 Å². The van der Waals surface area contributed by atoms with Gasteiger partial charge >= 0.3 is 0 Å². The van der Waals surface area contributed by atoms with Crippen molar-refractivity contribution in [3.05, 3.63) is 57.6 Å². The van der Waals surface area contributed by atoms with E-state index in [1.807, 2.05) is 0 Å². The minimum absolute atomic E-state index is 0.124. The van der Waals surface area contributed by atoms with Crippen LogP contribution < -0.4 is 0 Å². The quantitative estimate of drug-likeness (QED) is 0.246. The first-order valence-electron chi connectivity index (χ1n) is 17.4. The lowest BCUT2D eigenvalue weighted by atomic mass is 9.83. The number of hydrogen-bond acceptors (Lipinski definition) is 6. The lowest BCUT2D eigenvalue weighted by Gasteiger charge is -2.43. The Hall–Kier alpha value is -2.12. The number of aromatic hydroxyl groups is 2. The minimum atomic E-state index is -0.274. The van der Waals surface area contributed by atoms with Gasteiger partial charge in [-0.3, -0.25) is 0 Å². The maximum absolute atomic E-state index is 11.0. The molecule has 4 rings (SSSR count). The lowest BCUT2D eigenvalue weighted by molar-refractivity contribution is -0.303. The zero-order chi connectivity index (χ0) is 32.8. The van der Waals surface area contributed by atoms with Gasteiger partial charge in [0.25, 0.3) is 0 Å². The van der Waals surface area contributed by atoms with E-state index in [0.29, 0.717) is 37.9 Å². The molecule has 0 unspecified atom stereocenters. The zero-order valence-electron chi connectivity index (χ0n) is 29.4. The fourth-order valence-corrected chi connectivity index (χ4v) is 6.40. The average Bonchev–Trinajstić information content (AvgIpc) is 2.99. The van der Waals surface area contributed by atoms with E-state index < -0.39 is 0 Å². The number of unbranched alkanes of at least 4 members (excludes halogenated alkanes) is 2. The molecule has 6 nitrogen and oxygen atoms in total. The highest BCUT2D eigenvalue weighted by molar-refractivity contribution is 5.48. The molecule has 2 N–H and O–H groups in total. The van der Waals surface area contributed by atoms with Gasteiger partial charge in [0.15, 0.2) is 12.6 Å². The molecule has 0 aromatic heterocycles. The molecular weight excluding hydrogens is 564 g/mol. The van der Waals surface area contributed by atoms with Crippen molar-refractivity contribution < 1.29 is 29.2 Å². The summed E-state index contributed by atoms with van der Waals surface area (Å²) in [4.78, 5) is 0. The van der Waals surface area contributed by atoms with Gasteiger partial charge in [-0.15, -0.1) is 0 Å². The van der Waals surface area contributed by atoms with Gasteiger partial charge in [0.2, 0.25) is 0 Å². The van der Waals surface area contributed by atoms with Gasteiger partial charge in [0.05, 0.1) is 31.8 Å². The van der Waals surface area contributed by atoms with Crippen molar-refractivity contribution >= 4 is 0 Å². The largest absolute Gasteiger partial charge is 0.507 e. The summed E-state index contributed by atoms with van der Waals surface area (Å²) in [7, 11) is 0. The Morgan fingerprint density at radius 1 is 0.600 bits per heavy atom. The third-order valence-electron chi connectivity index (χ3n) is 9.35. The molecule has 45 heavy (non-hydrogen) atoms. The normalized spacial score (nSPS) is 22.7. The molecule has 2 aliphatic rings. The van der Waals surface area contributed by atoms with E-state index in [1.54, 1.807) is 0 Å². The zero-order valence-corrected chi connectivity index (χ0v) is 29.4. The number of benzene rings is 2. The van der Waals surface area contributed by atoms with Crippen LogP contribution in [0.25, 0.3) is 0 Å². The summed E-state index contributed by atoms with van der Waals surface area (Å²) in [6.45, 7) is 19.5. The molecule has 2 saturated heterocycles. The molecule has 252 valence electrons. The summed E-state index contributed by atoms with van der Waals surface area (Å²) in [6.07, 6.45) is 8.83. The van der Waals surface area contributed by atoms with Crippen molar-refractivity contribution in [2.24, 2.45) is 5.41 Å². The molecular formula is C39H60O6. The summed E-state index contributed by atoms with van der Waals surface area (Å²) >= 11 is 0. The number of ether oxygens (including phenoxy) is 4. The Kier molecular flexibility index (Phi) is 12.1. The predicted octanol–water partition coefficient (Wildman–Crippen LogP) is 8.68. The highest BCUT2D eigenvalue weighted by Crippen LogP contribution is 2.38. The summed E-state index contributed by atoms with van der Waals surface area (Å²) < 4.78 is 24.9. The molecule has 2 aliphatic heterocycles. The molecule has 2 fully saturated rings. The molecule has 0 atom stereocenters. The van der Waals surface area contributed by atoms with E-state index in [-0.39, 0.29) is 28.8 Å². The Balaban J connectivity index is 1.28. The molecule has 1 spiro atoms. The second kappa shape index (κ2) is 15.2. The molecule has 0 amide bonds. The summed E-state index contributed by atoms with van der Waals surface area (Å²) in [5.41, 5.74) is 6.05. The maximum atomic E-state index is 11.0. The van der Waals surface area contributed by atoms with E-state index in [9.17, 15) is 10.2 Å². The smallest absolute Gasteiger partial charge is 0.157 e. The molecule has 0 saturated carbocycles. The van der Waals surface area contributed by atoms with Crippen LogP contribution in [0.2, 0.25) is 0 Å². The van der Waals surface area contributed by atoms with Gasteiger partial charge in [-0.25, -0.2) is 0 Å². The minimum Gasteiger partial charge on any atom is -0.507 e. The molecule has 0 bridgehead atoms. The fraction of sp³-hybridized carbons (Fsp3) is 0.692. The Labute approximate surface area is 272 Å². The van der Waals surface area contributed by atoms with Crippen molar-refractivity contribution in [1.82, 2.24) is 0 Å². The number of phenolic OH excluding ortho intramolecular Hbond substituents is 2. The lowest BCUT2D eigenvalue weighted by Crippen LogP contribution is -2.52. The van der Waals surface area contributed by atoms with Crippen LogP contribution in [-0.4, -0.2) is 49.2 Å². The summed E-state index contributed by atoms with van der Waals surface area (Å²) in [5, 5.41) is 21.9. The van der Waals surface area contributed by atoms with Gasteiger partial charge in [0.1, 0.15) is 11.5 Å². The molecule has 2 heterocycles. The van der Waals surface area contributed by atoms with Crippen molar-refractivity contribution in [2.75, 3.05) is 26.4 Å². The van der Waals surface area contributed by atoms with Gasteiger partial charge in [-0.05, 0) is 82.7 Å². The van der Waals surface area contributed by atoms with Crippen molar-refractivity contribution in [1.29, 1.82) is 0 Å². The van der Waals surface area contributed by atoms with Crippen LogP contribution >= 0.6 is 0 Å². The van der Waals surface area contributed by atoms with Crippen molar-refractivity contribution in [2.45, 2.75) is 143 Å². The molecule has 6 heteroatoms. The first-order chi connectivity index (χ1) is 21.2. The molecule has 0 aliphatic carbocycles. The van der Waals surface area contributed by atoms with Crippen LogP contribution in [0.3, 0.4) is 0 Å². The van der Waals surface area contributed by atoms with Crippen LogP contribution in [0.4, 0.5) is 0 Å². The van der Waals surface area contributed by atoms with Crippen LogP contribution in [0.1, 0.15) is 127 Å². The molecule has 0 radical (unpaired) electrons. The predicted molar refractivity (Wildman–Crippen MR) is 181 cm³/mol. The van der Waals surface area contributed by atoms with E-state index >= 15 is 0 Å². The van der Waals surface area contributed by atoms with E-state index in [0.717, 1.165) is 86.5 Å². The van der Waals surface area contributed by atoms with E-state index in [2.05, 4.69) is 79.7 Å². The van der Waals surface area contributed by atoms with Crippen LogP contribution in [0, 0.1) is 5.41 Å². The second-order valence-corrected chi connectivity index (χ2v) is 15.7. The summed E-state index contributed by atoms with van der Waals surface area (Å²) in [5.74, 6) is 0.911. The first kappa shape index (κ1) is 35.7. The maximum Gasteiger partial charge on any atom is 0.157 e. The van der Waals surface area contributed by atoms with E-state index in [1.165, 1.54) is 11.1 Å². The number of hydrogen-bond donors (Lipinski definition) is 2. The third-order valence-corrected chi connectivity index (χ3v) is 9.35. The highest BCUT2D eigenvalue weighted by Gasteiger charge is 2.42. The Morgan fingerprint density at radius 2 is 0.956 bits per heavy atom. The Bertz CT molecular complexity index is 1140. The number of rotatable bonds is 12. The second-order valence-electron chi connectivity index (χ2n) is 15.7. The average molecular weight is 625 g/mol. The Morgan fingerprint density at radius 3 is 1.27 bits per heavy atom. The van der Waals surface area contributed by atoms with Crippen LogP contribution in [-0.2, 0) is 55.5 Å². The highest BCUT2D eigenvalue weighted by atomic mass is 16.7. The van der Waals surface area contributed by atoms with Crippen molar-refractivity contribution in [3.63, 3.8) is 0 Å². The van der Waals surface area contributed by atoms with Gasteiger partial charge in [0, 0.05) is 12.8 Å². The fourth-order valence-electron chi connectivity index (χ4n) is 6.40. The van der Waals surface area contributed by atoms with Crippen LogP contribution in [0.5, 0.6) is 11.5 Å². The topological polar surface area (TPSA) is 77.4 Å². The number of phenols is 2. The molecule has 2 aromatic carbocycles. The number of aryl methyl sites for hydroxylation is 4. The standard InChI is InChI=1S/C39H60O6/c1-9-11-13-29-19-27(21-31(35(29)40)37(3,4)5)15-17-33-42-23-39(24-43-33)25-44-34(45-26-39)18-16-28-20-30(14-12-10-2)36(41)32(22-28)38(6,7)8/h19-22,33-34,40-41H,9-18,23-26H2,1-8H3. The SMILES string of the molecule is CCCCc1cc(CCC2OCC3(CO2)COC(CCc2cc(CCCC)c(O)c(C(C)(C)C)c2)OC3)cc(C(C)(C)C)c1O. The summed E-state index contributed by atoms with van der Waals surface area (Å²) in [6, 6.07) is 8.65. The third kappa shape index (κ3) is 9.47. The first-order valence-corrected chi connectivity index (χ1v) is 17.4. The molecule has 2 aromatic rings. The van der Waals surface area contributed by atoms with Gasteiger partial charge < -0.3 is 29.2 Å².